The van der Waals surface area contributed by atoms with Crippen molar-refractivity contribution in [2.75, 3.05) is 13.1 Å². The zero-order valence-electron chi connectivity index (χ0n) is 14.5. The lowest BCUT2D eigenvalue weighted by atomic mass is 10.1. The minimum Gasteiger partial charge on any atom is -0.256 e. The van der Waals surface area contributed by atoms with Gasteiger partial charge in [-0.15, -0.1) is 0 Å². The van der Waals surface area contributed by atoms with Crippen LogP contribution in [0.3, 0.4) is 0 Å². The molecule has 0 aliphatic rings. The second-order valence-corrected chi connectivity index (χ2v) is 7.68. The molecule has 0 unspecified atom stereocenters. The third-order valence-electron chi connectivity index (χ3n) is 4.02. The minimum absolute atomic E-state index is 0.255. The van der Waals surface area contributed by atoms with E-state index in [1.807, 2.05) is 30.3 Å². The Labute approximate surface area is 145 Å². The third-order valence-corrected chi connectivity index (χ3v) is 5.58. The molecule has 0 radical (unpaired) electrons. The number of nitrogens with one attached hydrogen (secondary N) is 1. The van der Waals surface area contributed by atoms with Crippen molar-refractivity contribution in [3.8, 4) is 0 Å². The van der Waals surface area contributed by atoms with Gasteiger partial charge in [-0.1, -0.05) is 51.0 Å². The van der Waals surface area contributed by atoms with E-state index < -0.39 is 10.2 Å². The highest BCUT2D eigenvalue weighted by Gasteiger charge is 2.20. The fraction of sp³-hybridized carbons (Fsp3) is 0.500. The number of nitrogens with zero attached hydrogens (tertiary/aromatic N) is 2. The van der Waals surface area contributed by atoms with Crippen LogP contribution in [-0.4, -0.2) is 30.8 Å². The van der Waals surface area contributed by atoms with Gasteiger partial charge in [0.05, 0.1) is 5.52 Å². The molecule has 0 spiro atoms. The molecule has 2 aromatic rings. The van der Waals surface area contributed by atoms with Gasteiger partial charge in [0.25, 0.3) is 10.2 Å². The van der Waals surface area contributed by atoms with Crippen LogP contribution in [-0.2, 0) is 16.8 Å². The molecule has 132 valence electrons. The molecule has 1 N–H and O–H groups in total. The third kappa shape index (κ3) is 5.00. The highest BCUT2D eigenvalue weighted by Crippen LogP contribution is 2.16. The van der Waals surface area contributed by atoms with E-state index in [9.17, 15) is 8.42 Å². The molecule has 0 saturated heterocycles. The Hall–Kier alpha value is -1.50. The highest BCUT2D eigenvalue weighted by molar-refractivity contribution is 7.87. The normalized spacial score (nSPS) is 12.1. The topological polar surface area (TPSA) is 62.3 Å². The lowest BCUT2D eigenvalue weighted by molar-refractivity contribution is 0.388. The number of para-hydroxylation sites is 1. The summed E-state index contributed by atoms with van der Waals surface area (Å²) < 4.78 is 29.6. The number of fused-ring (bicyclic) bond motifs is 1. The first-order chi connectivity index (χ1) is 11.6. The van der Waals surface area contributed by atoms with E-state index in [-0.39, 0.29) is 6.54 Å². The van der Waals surface area contributed by atoms with E-state index in [1.165, 1.54) is 0 Å². The number of aromatic nitrogens is 1. The van der Waals surface area contributed by atoms with Crippen LogP contribution < -0.4 is 4.72 Å². The van der Waals surface area contributed by atoms with Gasteiger partial charge in [0, 0.05) is 31.2 Å². The zero-order chi connectivity index (χ0) is 17.4. The Morgan fingerprint density at radius 1 is 1.04 bits per heavy atom. The first-order valence-corrected chi connectivity index (χ1v) is 10.1. The van der Waals surface area contributed by atoms with Crippen LogP contribution in [0, 0.1) is 0 Å². The van der Waals surface area contributed by atoms with E-state index in [4.69, 9.17) is 0 Å². The smallest absolute Gasteiger partial charge is 0.256 e. The molecule has 0 saturated carbocycles. The Morgan fingerprint density at radius 2 is 1.71 bits per heavy atom. The van der Waals surface area contributed by atoms with Crippen molar-refractivity contribution in [2.24, 2.45) is 0 Å². The maximum absolute atomic E-state index is 12.6. The SMILES string of the molecule is CCCCN(CCCC)S(=O)(=O)NCc1cccc2cccnc12. The second-order valence-electron chi connectivity index (χ2n) is 5.92. The van der Waals surface area contributed by atoms with E-state index in [0.29, 0.717) is 13.1 Å². The van der Waals surface area contributed by atoms with Crippen LogP contribution in [0.5, 0.6) is 0 Å². The van der Waals surface area contributed by atoms with Crippen molar-refractivity contribution in [2.45, 2.75) is 46.1 Å². The quantitative estimate of drug-likeness (QED) is 0.714. The summed E-state index contributed by atoms with van der Waals surface area (Å²) in [7, 11) is -3.48. The molecule has 0 fully saturated rings. The number of pyridine rings is 1. The van der Waals surface area contributed by atoms with Crippen molar-refractivity contribution in [3.63, 3.8) is 0 Å². The molecule has 1 aromatic heterocycles. The maximum Gasteiger partial charge on any atom is 0.279 e. The van der Waals surface area contributed by atoms with Gasteiger partial charge in [-0.2, -0.15) is 17.4 Å². The Kier molecular flexibility index (Phi) is 7.15. The molecule has 1 aromatic carbocycles. The van der Waals surface area contributed by atoms with Crippen LogP contribution in [0.4, 0.5) is 0 Å². The number of unbranched alkanes of at least 4 members (excludes halogenated alkanes) is 2. The predicted octanol–water partition coefficient (Wildman–Crippen LogP) is 3.47. The summed E-state index contributed by atoms with van der Waals surface area (Å²) in [5.74, 6) is 0. The van der Waals surface area contributed by atoms with Gasteiger partial charge < -0.3 is 0 Å². The van der Waals surface area contributed by atoms with E-state index in [2.05, 4.69) is 23.6 Å². The van der Waals surface area contributed by atoms with Gasteiger partial charge in [-0.3, -0.25) is 4.98 Å². The average molecular weight is 350 g/mol. The molecular weight excluding hydrogens is 322 g/mol. The zero-order valence-corrected chi connectivity index (χ0v) is 15.3. The van der Waals surface area contributed by atoms with E-state index >= 15 is 0 Å². The summed E-state index contributed by atoms with van der Waals surface area (Å²) in [4.78, 5) is 4.38. The summed E-state index contributed by atoms with van der Waals surface area (Å²) in [5, 5.41) is 1.02. The molecule has 1 heterocycles. The van der Waals surface area contributed by atoms with Crippen molar-refractivity contribution in [3.05, 3.63) is 42.1 Å². The van der Waals surface area contributed by atoms with Crippen molar-refractivity contribution < 1.29 is 8.42 Å². The fourth-order valence-electron chi connectivity index (χ4n) is 2.59. The van der Waals surface area contributed by atoms with Crippen LogP contribution >= 0.6 is 0 Å². The lowest BCUT2D eigenvalue weighted by Crippen LogP contribution is -2.41. The van der Waals surface area contributed by atoms with Gasteiger partial charge in [-0.25, -0.2) is 0 Å². The summed E-state index contributed by atoms with van der Waals surface area (Å²) in [6, 6.07) is 9.69. The largest absolute Gasteiger partial charge is 0.279 e. The summed E-state index contributed by atoms with van der Waals surface area (Å²) >= 11 is 0. The van der Waals surface area contributed by atoms with Crippen LogP contribution in [0.15, 0.2) is 36.5 Å². The second kappa shape index (κ2) is 9.11. The molecule has 0 amide bonds. The molecule has 2 rings (SSSR count). The number of hydrogen-bond donors (Lipinski definition) is 1. The van der Waals surface area contributed by atoms with Gasteiger partial charge in [-0.05, 0) is 24.5 Å². The Bertz CT molecular complexity index is 734. The standard InChI is InChI=1S/C18H27N3O2S/c1-3-5-13-21(14-6-4-2)24(22,23)20-15-17-10-7-9-16-11-8-12-19-18(16)17/h7-12,20H,3-6,13-15H2,1-2H3. The summed E-state index contributed by atoms with van der Waals surface area (Å²) in [6.45, 7) is 5.53. The van der Waals surface area contributed by atoms with Crippen LogP contribution in [0.1, 0.15) is 45.1 Å². The van der Waals surface area contributed by atoms with Crippen molar-refractivity contribution >= 4 is 21.1 Å². The molecule has 0 bridgehead atoms. The monoisotopic (exact) mass is 349 g/mol. The molecule has 0 atom stereocenters. The lowest BCUT2D eigenvalue weighted by Gasteiger charge is -2.22. The molecule has 6 heteroatoms. The minimum atomic E-state index is -3.48. The highest BCUT2D eigenvalue weighted by atomic mass is 32.2. The first-order valence-electron chi connectivity index (χ1n) is 8.65. The summed E-state index contributed by atoms with van der Waals surface area (Å²) in [5.41, 5.74) is 1.74. The van der Waals surface area contributed by atoms with Crippen LogP contribution in [0.2, 0.25) is 0 Å². The molecule has 5 nitrogen and oxygen atoms in total. The maximum atomic E-state index is 12.6. The number of hydrogen-bond acceptors (Lipinski definition) is 3. The number of benzene rings is 1. The molecular formula is C18H27N3O2S. The van der Waals surface area contributed by atoms with E-state index in [1.54, 1.807) is 10.5 Å². The molecule has 24 heavy (non-hydrogen) atoms. The van der Waals surface area contributed by atoms with Crippen molar-refractivity contribution in [1.82, 2.24) is 14.0 Å². The van der Waals surface area contributed by atoms with Gasteiger partial charge in [0.15, 0.2) is 0 Å². The van der Waals surface area contributed by atoms with Crippen molar-refractivity contribution in [1.29, 1.82) is 0 Å². The molecule has 0 aliphatic heterocycles. The predicted molar refractivity (Wildman–Crippen MR) is 98.9 cm³/mol. The Balaban J connectivity index is 2.11. The Morgan fingerprint density at radius 3 is 2.38 bits per heavy atom. The molecule has 0 aliphatic carbocycles. The number of rotatable bonds is 10. The fourth-order valence-corrected chi connectivity index (χ4v) is 3.85. The summed E-state index contributed by atoms with van der Waals surface area (Å²) in [6.07, 6.45) is 5.44. The average Bonchev–Trinajstić information content (AvgIpc) is 2.60. The first kappa shape index (κ1) is 18.8. The van der Waals surface area contributed by atoms with Gasteiger partial charge >= 0.3 is 0 Å². The van der Waals surface area contributed by atoms with Crippen LogP contribution in [0.25, 0.3) is 10.9 Å². The van der Waals surface area contributed by atoms with Gasteiger partial charge in [0.1, 0.15) is 0 Å². The van der Waals surface area contributed by atoms with Gasteiger partial charge in [0.2, 0.25) is 0 Å². The van der Waals surface area contributed by atoms with E-state index in [0.717, 1.165) is 42.1 Å².